The van der Waals surface area contributed by atoms with E-state index in [2.05, 4.69) is 30.9 Å². The molecule has 0 aliphatic heterocycles. The number of carboxylic acids is 2. The van der Waals surface area contributed by atoms with Crippen molar-refractivity contribution in [3.05, 3.63) is 29.8 Å². The van der Waals surface area contributed by atoms with Crippen LogP contribution in [0.25, 0.3) is 0 Å². The molecule has 0 unspecified atom stereocenters. The first-order valence-electron chi connectivity index (χ1n) is 6.57. The van der Waals surface area contributed by atoms with Crippen LogP contribution in [-0.4, -0.2) is 54.3 Å². The van der Waals surface area contributed by atoms with Crippen molar-refractivity contribution in [2.75, 3.05) is 27.2 Å². The zero-order valence-electron chi connectivity index (χ0n) is 12.9. The molecular weight excluding hydrogens is 274 g/mol. The molecule has 1 rings (SSSR count). The van der Waals surface area contributed by atoms with Crippen LogP contribution < -0.4 is 4.74 Å². The minimum absolute atomic E-state index is 0.584. The molecule has 1 aromatic carbocycles. The first-order valence-corrected chi connectivity index (χ1v) is 6.57. The number of aliphatic carboxylic acids is 2. The third kappa shape index (κ3) is 9.45. The second-order valence-electron chi connectivity index (χ2n) is 4.99. The number of carbonyl (C=O) groups is 2. The van der Waals surface area contributed by atoms with Gasteiger partial charge in [-0.25, -0.2) is 9.59 Å². The van der Waals surface area contributed by atoms with Gasteiger partial charge in [-0.05, 0) is 37.7 Å². The lowest BCUT2D eigenvalue weighted by atomic mass is 10.0. The van der Waals surface area contributed by atoms with Gasteiger partial charge in [-0.1, -0.05) is 26.0 Å². The van der Waals surface area contributed by atoms with Crippen LogP contribution in [0.2, 0.25) is 0 Å². The average molecular weight is 297 g/mol. The van der Waals surface area contributed by atoms with E-state index in [1.54, 1.807) is 0 Å². The maximum atomic E-state index is 9.10. The number of nitrogens with zero attached hydrogens (tertiary/aromatic N) is 1. The van der Waals surface area contributed by atoms with Crippen molar-refractivity contribution in [2.24, 2.45) is 0 Å². The van der Waals surface area contributed by atoms with Crippen LogP contribution >= 0.6 is 0 Å². The molecule has 0 amide bonds. The summed E-state index contributed by atoms with van der Waals surface area (Å²) in [5.74, 6) is -2.10. The average Bonchev–Trinajstić information content (AvgIpc) is 2.39. The number of ether oxygens (including phenoxy) is 1. The Balaban J connectivity index is 0.000000567. The van der Waals surface area contributed by atoms with Crippen molar-refractivity contribution >= 4 is 11.9 Å². The van der Waals surface area contributed by atoms with Gasteiger partial charge in [0, 0.05) is 6.54 Å². The minimum Gasteiger partial charge on any atom is -0.492 e. The van der Waals surface area contributed by atoms with E-state index in [-0.39, 0.29) is 0 Å². The van der Waals surface area contributed by atoms with E-state index in [1.165, 1.54) is 5.56 Å². The number of carboxylic acid groups (broad SMARTS) is 2. The van der Waals surface area contributed by atoms with Crippen molar-refractivity contribution in [3.8, 4) is 5.75 Å². The highest BCUT2D eigenvalue weighted by Gasteiger charge is 2.04. The Kier molecular flexibility index (Phi) is 8.80. The highest BCUT2D eigenvalue weighted by atomic mass is 16.5. The molecule has 118 valence electrons. The molecule has 0 aromatic heterocycles. The van der Waals surface area contributed by atoms with Gasteiger partial charge in [0.1, 0.15) is 12.4 Å². The van der Waals surface area contributed by atoms with Gasteiger partial charge in [-0.2, -0.15) is 0 Å². The molecule has 0 bridgehead atoms. The fourth-order valence-corrected chi connectivity index (χ4v) is 1.30. The minimum atomic E-state index is -1.82. The summed E-state index contributed by atoms with van der Waals surface area (Å²) in [5.41, 5.74) is 1.36. The fourth-order valence-electron chi connectivity index (χ4n) is 1.30. The van der Waals surface area contributed by atoms with Crippen molar-refractivity contribution in [1.29, 1.82) is 0 Å². The number of hydrogen-bond donors (Lipinski definition) is 2. The second-order valence-corrected chi connectivity index (χ2v) is 4.99. The Hall–Kier alpha value is -2.08. The van der Waals surface area contributed by atoms with E-state index < -0.39 is 11.9 Å². The molecule has 1 aromatic rings. The molecule has 2 N–H and O–H groups in total. The summed E-state index contributed by atoms with van der Waals surface area (Å²) in [6.07, 6.45) is 0. The number of rotatable bonds is 5. The van der Waals surface area contributed by atoms with Crippen LogP contribution in [0.1, 0.15) is 25.3 Å². The molecule has 0 spiro atoms. The SMILES string of the molecule is CC(C)c1ccc(OCCN(C)C)cc1.O=C(O)C(=O)O. The monoisotopic (exact) mass is 297 g/mol. The predicted octanol–water partition coefficient (Wildman–Crippen LogP) is 1.91. The quantitative estimate of drug-likeness (QED) is 0.807. The summed E-state index contributed by atoms with van der Waals surface area (Å²) in [7, 11) is 4.09. The van der Waals surface area contributed by atoms with Crippen molar-refractivity contribution in [1.82, 2.24) is 4.90 Å². The van der Waals surface area contributed by atoms with Crippen LogP contribution in [0, 0.1) is 0 Å². The first kappa shape index (κ1) is 18.9. The van der Waals surface area contributed by atoms with Gasteiger partial charge in [0.05, 0.1) is 0 Å². The van der Waals surface area contributed by atoms with Gasteiger partial charge in [0.25, 0.3) is 0 Å². The lowest BCUT2D eigenvalue weighted by molar-refractivity contribution is -0.159. The summed E-state index contributed by atoms with van der Waals surface area (Å²) in [4.78, 5) is 20.3. The maximum absolute atomic E-state index is 9.10. The van der Waals surface area contributed by atoms with Gasteiger partial charge >= 0.3 is 11.9 Å². The highest BCUT2D eigenvalue weighted by Crippen LogP contribution is 2.18. The molecule has 21 heavy (non-hydrogen) atoms. The van der Waals surface area contributed by atoms with Gasteiger partial charge in [-0.15, -0.1) is 0 Å². The predicted molar refractivity (Wildman–Crippen MR) is 79.9 cm³/mol. The third-order valence-electron chi connectivity index (χ3n) is 2.54. The van der Waals surface area contributed by atoms with E-state index in [0.29, 0.717) is 5.92 Å². The lowest BCUT2D eigenvalue weighted by Gasteiger charge is -2.11. The Morgan fingerprint density at radius 2 is 1.57 bits per heavy atom. The van der Waals surface area contributed by atoms with E-state index in [9.17, 15) is 0 Å². The highest BCUT2D eigenvalue weighted by molar-refractivity contribution is 6.27. The Morgan fingerprint density at radius 3 is 1.90 bits per heavy atom. The van der Waals surface area contributed by atoms with E-state index in [4.69, 9.17) is 24.5 Å². The summed E-state index contributed by atoms with van der Waals surface area (Å²) in [6, 6.07) is 8.36. The summed E-state index contributed by atoms with van der Waals surface area (Å²) in [6.45, 7) is 6.09. The zero-order valence-corrected chi connectivity index (χ0v) is 12.9. The standard InChI is InChI=1S/C13H21NO.C2H2O4/c1-11(2)12-5-7-13(8-6-12)15-10-9-14(3)4;3-1(4)2(5)6/h5-8,11H,9-10H2,1-4H3;(H,3,4)(H,5,6). The van der Waals surface area contributed by atoms with Gasteiger partial charge in [-0.3, -0.25) is 0 Å². The zero-order chi connectivity index (χ0) is 16.4. The molecule has 0 saturated heterocycles. The fraction of sp³-hybridized carbons (Fsp3) is 0.467. The topological polar surface area (TPSA) is 87.1 Å². The molecule has 0 fully saturated rings. The Labute approximate surface area is 125 Å². The van der Waals surface area contributed by atoms with Crippen LogP contribution in [-0.2, 0) is 9.59 Å². The van der Waals surface area contributed by atoms with E-state index in [0.717, 1.165) is 18.9 Å². The molecule has 0 saturated carbocycles. The smallest absolute Gasteiger partial charge is 0.414 e. The largest absolute Gasteiger partial charge is 0.492 e. The second kappa shape index (κ2) is 9.77. The maximum Gasteiger partial charge on any atom is 0.414 e. The summed E-state index contributed by atoms with van der Waals surface area (Å²) in [5, 5.41) is 14.8. The van der Waals surface area contributed by atoms with Crippen molar-refractivity contribution in [2.45, 2.75) is 19.8 Å². The van der Waals surface area contributed by atoms with Gasteiger partial charge in [0.2, 0.25) is 0 Å². The normalized spacial score (nSPS) is 10.0. The Morgan fingerprint density at radius 1 is 1.10 bits per heavy atom. The van der Waals surface area contributed by atoms with Crippen molar-refractivity contribution < 1.29 is 24.5 Å². The number of hydrogen-bond acceptors (Lipinski definition) is 4. The summed E-state index contributed by atoms with van der Waals surface area (Å²) < 4.78 is 5.61. The molecule has 0 radical (unpaired) electrons. The van der Waals surface area contributed by atoms with E-state index in [1.807, 2.05) is 26.2 Å². The third-order valence-corrected chi connectivity index (χ3v) is 2.54. The molecule has 0 atom stereocenters. The van der Waals surface area contributed by atoms with E-state index >= 15 is 0 Å². The van der Waals surface area contributed by atoms with Crippen molar-refractivity contribution in [3.63, 3.8) is 0 Å². The van der Waals surface area contributed by atoms with Crippen LogP contribution in [0.3, 0.4) is 0 Å². The van der Waals surface area contributed by atoms with Crippen LogP contribution in [0.15, 0.2) is 24.3 Å². The first-order chi connectivity index (χ1) is 9.73. The lowest BCUT2D eigenvalue weighted by Crippen LogP contribution is -2.19. The molecule has 6 nitrogen and oxygen atoms in total. The van der Waals surface area contributed by atoms with Crippen LogP contribution in [0.4, 0.5) is 0 Å². The molecule has 0 aliphatic rings. The number of benzene rings is 1. The summed E-state index contributed by atoms with van der Waals surface area (Å²) >= 11 is 0. The number of likely N-dealkylation sites (N-methyl/N-ethyl adjacent to an activating group) is 1. The van der Waals surface area contributed by atoms with Crippen LogP contribution in [0.5, 0.6) is 5.75 Å². The molecular formula is C15H23NO5. The van der Waals surface area contributed by atoms with Gasteiger partial charge < -0.3 is 19.8 Å². The molecule has 0 heterocycles. The Bertz CT molecular complexity index is 428. The molecule has 6 heteroatoms. The van der Waals surface area contributed by atoms with Gasteiger partial charge in [0.15, 0.2) is 0 Å². The molecule has 0 aliphatic carbocycles.